The zero-order valence-corrected chi connectivity index (χ0v) is 26.7. The molecule has 2 aliphatic carbocycles. The zero-order valence-electron chi connectivity index (χ0n) is 26.7. The monoisotopic (exact) mass is 627 g/mol. The van der Waals surface area contributed by atoms with Gasteiger partial charge >= 0.3 is 0 Å². The Hall–Kier alpha value is -3.76. The van der Waals surface area contributed by atoms with Crippen LogP contribution in [0.25, 0.3) is 11.5 Å². The highest BCUT2D eigenvalue weighted by Crippen LogP contribution is 2.53. The summed E-state index contributed by atoms with van der Waals surface area (Å²) in [4.78, 5) is 12.1. The summed E-state index contributed by atoms with van der Waals surface area (Å²) in [6, 6.07) is 8.28. The van der Waals surface area contributed by atoms with Gasteiger partial charge in [-0.05, 0) is 76.1 Å². The van der Waals surface area contributed by atoms with Gasteiger partial charge in [-0.15, -0.1) is 0 Å². The molecule has 0 radical (unpaired) electrons. The van der Waals surface area contributed by atoms with Crippen molar-refractivity contribution >= 4 is 5.69 Å². The molecule has 3 saturated heterocycles. The van der Waals surface area contributed by atoms with E-state index in [1.165, 1.54) is 0 Å². The second kappa shape index (κ2) is 11.2. The number of hydrogen-bond acceptors (Lipinski definition) is 12. The van der Waals surface area contributed by atoms with Crippen molar-refractivity contribution < 1.29 is 23.5 Å². The molecule has 5 heterocycles. The number of nitrogen functional groups attached to an aromatic ring is 1. The Kier molecular flexibility index (Phi) is 7.21. The Balaban J connectivity index is 1.18. The Bertz CT molecular complexity index is 1690. The van der Waals surface area contributed by atoms with Crippen LogP contribution in [0.5, 0.6) is 11.8 Å². The molecule has 0 saturated carbocycles. The molecule has 3 fully saturated rings. The van der Waals surface area contributed by atoms with Gasteiger partial charge in [0.25, 0.3) is 0 Å². The fourth-order valence-corrected chi connectivity index (χ4v) is 8.48. The molecule has 0 unspecified atom stereocenters. The maximum Gasteiger partial charge on any atom is 0.221 e. The van der Waals surface area contributed by atoms with E-state index in [0.717, 1.165) is 73.9 Å². The SMILES string of the molecule is CO[C@@H]1C[C@@H]([C@H](C)Oc2cc(O[C@@H]3CNC34COC4)nc(-c3noc4c3CCC[C@@]43CCCc4ccc(N)c(C#N)c43)n2)N(C)C1. The third kappa shape index (κ3) is 4.59. The predicted molar refractivity (Wildman–Crippen MR) is 168 cm³/mol. The number of fused-ring (bicyclic) bond motifs is 4. The van der Waals surface area contributed by atoms with E-state index >= 15 is 0 Å². The summed E-state index contributed by atoms with van der Waals surface area (Å²) < 4.78 is 30.4. The van der Waals surface area contributed by atoms with E-state index < -0.39 is 5.41 Å². The molecule has 0 bridgehead atoms. The van der Waals surface area contributed by atoms with Gasteiger partial charge in [0.15, 0.2) is 17.3 Å². The number of ether oxygens (including phenoxy) is 4. The lowest BCUT2D eigenvalue weighted by Gasteiger charge is -2.54. The molecule has 2 aromatic heterocycles. The maximum absolute atomic E-state index is 10.2. The molecule has 46 heavy (non-hydrogen) atoms. The molecule has 12 heteroatoms. The van der Waals surface area contributed by atoms with E-state index in [2.05, 4.69) is 41.5 Å². The predicted octanol–water partition coefficient (Wildman–Crippen LogP) is 3.15. The summed E-state index contributed by atoms with van der Waals surface area (Å²) in [5.74, 6) is 2.07. The number of nitrogens with one attached hydrogen (secondary N) is 1. The van der Waals surface area contributed by atoms with E-state index in [1.807, 2.05) is 6.07 Å². The number of hydrogen-bond donors (Lipinski definition) is 2. The Morgan fingerprint density at radius 1 is 1.17 bits per heavy atom. The van der Waals surface area contributed by atoms with Gasteiger partial charge in [0.1, 0.15) is 23.8 Å². The Morgan fingerprint density at radius 3 is 2.67 bits per heavy atom. The molecule has 3 aliphatic heterocycles. The molecule has 1 aromatic carbocycles. The Morgan fingerprint density at radius 2 is 1.98 bits per heavy atom. The third-order valence-electron chi connectivity index (χ3n) is 11.1. The van der Waals surface area contributed by atoms with Crippen LogP contribution in [0.3, 0.4) is 0 Å². The topological polar surface area (TPSA) is 154 Å². The summed E-state index contributed by atoms with van der Waals surface area (Å²) in [6.07, 6.45) is 6.15. The molecule has 3 aromatic rings. The molecular formula is C34H41N7O5. The van der Waals surface area contributed by atoms with E-state index in [4.69, 9.17) is 39.2 Å². The quantitative estimate of drug-likeness (QED) is 0.370. The van der Waals surface area contributed by atoms with Gasteiger partial charge in [-0.1, -0.05) is 11.2 Å². The van der Waals surface area contributed by atoms with Gasteiger partial charge in [0, 0.05) is 37.5 Å². The van der Waals surface area contributed by atoms with Crippen molar-refractivity contribution in [2.75, 3.05) is 46.2 Å². The standard InChI is InChI=1S/C34H41N7O5/c1-19(25-12-21(42-3)16-41(25)2)44-27-13-28(45-26-15-37-34(26)17-43-18-34)39-32(38-27)30-22-7-5-11-33(31(22)46-40-30)10-4-6-20-8-9-24(36)23(14-35)29(20)33/h8-9,13,19,21,25-26,37H,4-7,10-12,15-18,36H2,1-3H3/t19-,21+,25-,26+,33+/m0/s1. The fraction of sp³-hybridized carbons (Fsp3) is 0.588. The van der Waals surface area contributed by atoms with Crippen molar-refractivity contribution in [3.63, 3.8) is 0 Å². The van der Waals surface area contributed by atoms with Crippen LogP contribution in [-0.2, 0) is 27.7 Å². The highest BCUT2D eigenvalue weighted by molar-refractivity contribution is 5.67. The van der Waals surface area contributed by atoms with Gasteiger partial charge < -0.3 is 34.5 Å². The molecule has 2 spiro atoms. The second-order valence-corrected chi connectivity index (χ2v) is 13.7. The normalized spacial score (nSPS) is 28.5. The number of rotatable bonds is 7. The number of likely N-dealkylation sites (tertiary alicyclic amines) is 1. The van der Waals surface area contributed by atoms with E-state index in [0.29, 0.717) is 54.3 Å². The lowest BCUT2D eigenvalue weighted by atomic mass is 9.61. The summed E-state index contributed by atoms with van der Waals surface area (Å²) in [5.41, 5.74) is 10.5. The molecule has 242 valence electrons. The van der Waals surface area contributed by atoms with E-state index in [9.17, 15) is 5.26 Å². The number of aryl methyl sites for hydroxylation is 1. The van der Waals surface area contributed by atoms with Crippen LogP contribution in [0.1, 0.15) is 67.0 Å². The number of nitriles is 1. The summed E-state index contributed by atoms with van der Waals surface area (Å²) in [5, 5.41) is 18.3. The number of nitrogens with zero attached hydrogens (tertiary/aromatic N) is 5. The number of likely N-dealkylation sites (N-methyl/N-ethyl adjacent to an activating group) is 1. The molecule has 0 amide bonds. The van der Waals surface area contributed by atoms with Crippen molar-refractivity contribution in [1.82, 2.24) is 25.3 Å². The van der Waals surface area contributed by atoms with Gasteiger partial charge in [-0.3, -0.25) is 4.90 Å². The van der Waals surface area contributed by atoms with Crippen molar-refractivity contribution in [2.45, 2.75) is 87.2 Å². The fourth-order valence-electron chi connectivity index (χ4n) is 8.48. The number of nitrogens with two attached hydrogens (primary N) is 1. The van der Waals surface area contributed by atoms with E-state index in [-0.39, 0.29) is 29.9 Å². The average Bonchev–Trinajstić information content (AvgIpc) is 3.63. The minimum absolute atomic E-state index is 0.0687. The smallest absolute Gasteiger partial charge is 0.221 e. The van der Waals surface area contributed by atoms with Crippen molar-refractivity contribution in [1.29, 1.82) is 5.26 Å². The third-order valence-corrected chi connectivity index (χ3v) is 11.1. The van der Waals surface area contributed by atoms with Crippen molar-refractivity contribution in [3.05, 3.63) is 46.2 Å². The highest BCUT2D eigenvalue weighted by Gasteiger charge is 2.54. The average molecular weight is 628 g/mol. The molecule has 3 N–H and O–H groups in total. The summed E-state index contributed by atoms with van der Waals surface area (Å²) in [6.45, 7) is 4.86. The number of methoxy groups -OCH3 is 1. The van der Waals surface area contributed by atoms with Crippen molar-refractivity contribution in [3.8, 4) is 29.3 Å². The lowest BCUT2D eigenvalue weighted by Crippen LogP contribution is -2.79. The second-order valence-electron chi connectivity index (χ2n) is 13.7. The van der Waals surface area contributed by atoms with Crippen LogP contribution in [0.4, 0.5) is 5.69 Å². The molecule has 5 aliphatic rings. The van der Waals surface area contributed by atoms with Crippen LogP contribution in [0, 0.1) is 11.3 Å². The molecule has 12 nitrogen and oxygen atoms in total. The first kappa shape index (κ1) is 29.6. The molecule has 5 atom stereocenters. The first-order chi connectivity index (χ1) is 22.3. The van der Waals surface area contributed by atoms with Crippen LogP contribution in [-0.4, -0.2) is 90.4 Å². The van der Waals surface area contributed by atoms with E-state index in [1.54, 1.807) is 13.2 Å². The molecular weight excluding hydrogens is 586 g/mol. The first-order valence-corrected chi connectivity index (χ1v) is 16.4. The maximum atomic E-state index is 10.2. The van der Waals surface area contributed by atoms with Gasteiger partial charge in [0.05, 0.1) is 36.4 Å². The number of aromatic nitrogens is 3. The van der Waals surface area contributed by atoms with Crippen LogP contribution in [0.15, 0.2) is 22.7 Å². The summed E-state index contributed by atoms with van der Waals surface area (Å²) >= 11 is 0. The Labute approximate surface area is 268 Å². The largest absolute Gasteiger partial charge is 0.473 e. The highest BCUT2D eigenvalue weighted by atomic mass is 16.5. The minimum atomic E-state index is -0.464. The van der Waals surface area contributed by atoms with Crippen molar-refractivity contribution in [2.24, 2.45) is 0 Å². The number of benzene rings is 1. The van der Waals surface area contributed by atoms with Crippen LogP contribution < -0.4 is 20.5 Å². The first-order valence-electron chi connectivity index (χ1n) is 16.4. The van der Waals surface area contributed by atoms with Crippen LogP contribution >= 0.6 is 0 Å². The van der Waals surface area contributed by atoms with Gasteiger partial charge in [-0.25, -0.2) is 0 Å². The lowest BCUT2D eigenvalue weighted by molar-refractivity contribution is -0.165. The van der Waals surface area contributed by atoms with Crippen LogP contribution in [0.2, 0.25) is 0 Å². The summed E-state index contributed by atoms with van der Waals surface area (Å²) in [7, 11) is 3.85. The zero-order chi connectivity index (χ0) is 31.6. The van der Waals surface area contributed by atoms with Gasteiger partial charge in [-0.2, -0.15) is 15.2 Å². The molecule has 8 rings (SSSR count). The minimum Gasteiger partial charge on any atom is -0.473 e. The van der Waals surface area contributed by atoms with Gasteiger partial charge in [0.2, 0.25) is 11.8 Å². The number of anilines is 1.